The van der Waals surface area contributed by atoms with Crippen molar-refractivity contribution in [2.24, 2.45) is 0 Å². The standard InChI is InChI=1S/C25H21N3O8S/c1-3-36-25(32)21-17(14-7-9-15(35-2)10-8-14)13-37-22(21)26-19(29)11-12-27-23(30)16-5-4-6-18(28(33)34)20(16)24(27)31/h4-10,13H,3,11-12H2,1-2H3,(H,26,29). The molecule has 0 unspecified atom stereocenters. The first-order valence-corrected chi connectivity index (χ1v) is 12.0. The number of carbonyl (C=O) groups is 4. The molecule has 11 nitrogen and oxygen atoms in total. The summed E-state index contributed by atoms with van der Waals surface area (Å²) in [5.41, 5.74) is 0.632. The van der Waals surface area contributed by atoms with Crippen LogP contribution in [-0.4, -0.2) is 53.8 Å². The van der Waals surface area contributed by atoms with E-state index in [0.717, 1.165) is 22.3 Å². The molecule has 0 spiro atoms. The number of fused-ring (bicyclic) bond motifs is 1. The van der Waals surface area contributed by atoms with Crippen LogP contribution in [0.3, 0.4) is 0 Å². The van der Waals surface area contributed by atoms with Crippen LogP contribution < -0.4 is 10.1 Å². The Morgan fingerprint density at radius 1 is 1.08 bits per heavy atom. The van der Waals surface area contributed by atoms with E-state index in [4.69, 9.17) is 9.47 Å². The number of amides is 3. The van der Waals surface area contributed by atoms with Gasteiger partial charge < -0.3 is 14.8 Å². The van der Waals surface area contributed by atoms with Crippen LogP contribution in [-0.2, 0) is 9.53 Å². The maximum absolute atomic E-state index is 12.8. The summed E-state index contributed by atoms with van der Waals surface area (Å²) >= 11 is 1.13. The van der Waals surface area contributed by atoms with E-state index in [-0.39, 0.29) is 41.3 Å². The van der Waals surface area contributed by atoms with Gasteiger partial charge in [0, 0.05) is 30.0 Å². The number of anilines is 1. The fourth-order valence-corrected chi connectivity index (χ4v) is 4.89. The molecule has 0 aliphatic carbocycles. The summed E-state index contributed by atoms with van der Waals surface area (Å²) in [7, 11) is 1.54. The maximum Gasteiger partial charge on any atom is 0.341 e. The average molecular weight is 524 g/mol. The summed E-state index contributed by atoms with van der Waals surface area (Å²) in [5, 5.41) is 15.9. The van der Waals surface area contributed by atoms with Crippen molar-refractivity contribution in [1.82, 2.24) is 4.90 Å². The molecule has 1 aromatic heterocycles. The summed E-state index contributed by atoms with van der Waals surface area (Å²) in [4.78, 5) is 62.2. The van der Waals surface area contributed by atoms with Gasteiger partial charge in [-0.3, -0.25) is 29.4 Å². The van der Waals surface area contributed by atoms with Gasteiger partial charge in [0.1, 0.15) is 21.9 Å². The summed E-state index contributed by atoms with van der Waals surface area (Å²) in [6.07, 6.45) is -0.280. The Morgan fingerprint density at radius 2 is 1.81 bits per heavy atom. The topological polar surface area (TPSA) is 145 Å². The van der Waals surface area contributed by atoms with Gasteiger partial charge in [0.25, 0.3) is 17.5 Å². The number of imide groups is 1. The molecule has 1 aliphatic heterocycles. The number of rotatable bonds is 9. The van der Waals surface area contributed by atoms with Crippen molar-refractivity contribution < 1.29 is 33.6 Å². The summed E-state index contributed by atoms with van der Waals surface area (Å²) in [5.74, 6) is -2.06. The third-order valence-electron chi connectivity index (χ3n) is 5.66. The Bertz CT molecular complexity index is 1410. The molecular weight excluding hydrogens is 502 g/mol. The van der Waals surface area contributed by atoms with Crippen molar-refractivity contribution in [3.05, 3.63) is 74.6 Å². The molecule has 12 heteroatoms. The van der Waals surface area contributed by atoms with E-state index < -0.39 is 34.3 Å². The fourth-order valence-electron chi connectivity index (χ4n) is 3.91. The van der Waals surface area contributed by atoms with Crippen molar-refractivity contribution >= 4 is 45.7 Å². The normalized spacial score (nSPS) is 12.3. The minimum absolute atomic E-state index is 0.0772. The molecule has 0 fully saturated rings. The van der Waals surface area contributed by atoms with Crippen molar-refractivity contribution in [1.29, 1.82) is 0 Å². The second-order valence-electron chi connectivity index (χ2n) is 7.82. The molecule has 3 aromatic rings. The van der Waals surface area contributed by atoms with Gasteiger partial charge in [-0.25, -0.2) is 4.79 Å². The van der Waals surface area contributed by atoms with E-state index >= 15 is 0 Å². The van der Waals surface area contributed by atoms with E-state index in [1.165, 1.54) is 12.1 Å². The van der Waals surface area contributed by atoms with E-state index in [0.29, 0.717) is 16.9 Å². The van der Waals surface area contributed by atoms with E-state index in [1.807, 2.05) is 0 Å². The van der Waals surface area contributed by atoms with Crippen molar-refractivity contribution in [2.75, 3.05) is 25.6 Å². The molecule has 190 valence electrons. The van der Waals surface area contributed by atoms with Crippen molar-refractivity contribution in [3.63, 3.8) is 0 Å². The largest absolute Gasteiger partial charge is 0.497 e. The van der Waals surface area contributed by atoms with Crippen LogP contribution in [0.1, 0.15) is 44.4 Å². The maximum atomic E-state index is 12.8. The Balaban J connectivity index is 1.51. The average Bonchev–Trinajstić information content (AvgIpc) is 3.41. The highest BCUT2D eigenvalue weighted by Gasteiger charge is 2.40. The molecule has 2 aromatic carbocycles. The summed E-state index contributed by atoms with van der Waals surface area (Å²) in [6.45, 7) is 1.51. The smallest absolute Gasteiger partial charge is 0.341 e. The van der Waals surface area contributed by atoms with Crippen LogP contribution in [0.25, 0.3) is 11.1 Å². The van der Waals surface area contributed by atoms with E-state index in [2.05, 4.69) is 5.32 Å². The zero-order chi connectivity index (χ0) is 26.7. The van der Waals surface area contributed by atoms with Crippen LogP contribution in [0, 0.1) is 10.1 Å². The van der Waals surface area contributed by atoms with Gasteiger partial charge in [-0.15, -0.1) is 11.3 Å². The van der Waals surface area contributed by atoms with E-state index in [1.54, 1.807) is 43.7 Å². The molecule has 0 radical (unpaired) electrons. The molecule has 1 N–H and O–H groups in total. The minimum Gasteiger partial charge on any atom is -0.497 e. The van der Waals surface area contributed by atoms with E-state index in [9.17, 15) is 29.3 Å². The second kappa shape index (κ2) is 10.6. The van der Waals surface area contributed by atoms with Gasteiger partial charge in [-0.1, -0.05) is 18.2 Å². The number of methoxy groups -OCH3 is 1. The van der Waals surface area contributed by atoms with Crippen LogP contribution in [0.2, 0.25) is 0 Å². The lowest BCUT2D eigenvalue weighted by Gasteiger charge is -2.13. The first-order valence-electron chi connectivity index (χ1n) is 11.1. The molecule has 2 heterocycles. The summed E-state index contributed by atoms with van der Waals surface area (Å²) < 4.78 is 10.4. The van der Waals surface area contributed by atoms with Crippen molar-refractivity contribution in [3.8, 4) is 16.9 Å². The molecule has 37 heavy (non-hydrogen) atoms. The first-order chi connectivity index (χ1) is 17.8. The SMILES string of the molecule is CCOC(=O)c1c(-c2ccc(OC)cc2)csc1NC(=O)CCN1C(=O)c2cccc([N+](=O)[O-])c2C1=O. The second-order valence-corrected chi connectivity index (χ2v) is 8.70. The minimum atomic E-state index is -0.828. The Hall–Kier alpha value is -4.58. The highest BCUT2D eigenvalue weighted by Crippen LogP contribution is 2.37. The summed E-state index contributed by atoms with van der Waals surface area (Å²) in [6, 6.07) is 10.8. The third kappa shape index (κ3) is 4.91. The van der Waals surface area contributed by atoms with Gasteiger partial charge in [0.05, 0.1) is 24.2 Å². The molecule has 1 aliphatic rings. The quantitative estimate of drug-likeness (QED) is 0.191. The number of esters is 1. The number of nitro groups is 1. The number of hydrogen-bond acceptors (Lipinski definition) is 9. The monoisotopic (exact) mass is 523 g/mol. The Labute approximate surface area is 214 Å². The third-order valence-corrected chi connectivity index (χ3v) is 6.56. The molecular formula is C25H21N3O8S. The predicted molar refractivity (Wildman–Crippen MR) is 134 cm³/mol. The zero-order valence-electron chi connectivity index (χ0n) is 19.8. The molecule has 4 rings (SSSR count). The zero-order valence-corrected chi connectivity index (χ0v) is 20.6. The van der Waals surface area contributed by atoms with Gasteiger partial charge in [0.15, 0.2) is 0 Å². The van der Waals surface area contributed by atoms with Gasteiger partial charge in [-0.2, -0.15) is 0 Å². The Morgan fingerprint density at radius 3 is 2.46 bits per heavy atom. The highest BCUT2D eigenvalue weighted by atomic mass is 32.1. The number of thiophene rings is 1. The lowest BCUT2D eigenvalue weighted by atomic mass is 10.0. The molecule has 0 saturated carbocycles. The van der Waals surface area contributed by atoms with Gasteiger partial charge >= 0.3 is 5.97 Å². The number of carbonyl (C=O) groups excluding carboxylic acids is 4. The van der Waals surface area contributed by atoms with Crippen LogP contribution in [0.4, 0.5) is 10.7 Å². The number of hydrogen-bond donors (Lipinski definition) is 1. The lowest BCUT2D eigenvalue weighted by molar-refractivity contribution is -0.385. The van der Waals surface area contributed by atoms with Crippen LogP contribution >= 0.6 is 11.3 Å². The highest BCUT2D eigenvalue weighted by molar-refractivity contribution is 7.15. The fraction of sp³-hybridized carbons (Fsp3) is 0.200. The van der Waals surface area contributed by atoms with Gasteiger partial charge in [0.2, 0.25) is 5.91 Å². The Kier molecular flexibility index (Phi) is 7.30. The van der Waals surface area contributed by atoms with Crippen LogP contribution in [0.15, 0.2) is 47.8 Å². The number of ether oxygens (including phenoxy) is 2. The lowest BCUT2D eigenvalue weighted by Crippen LogP contribution is -2.33. The molecule has 0 saturated heterocycles. The number of nitrogens with zero attached hydrogens (tertiary/aromatic N) is 2. The number of nitrogens with one attached hydrogen (secondary N) is 1. The van der Waals surface area contributed by atoms with Gasteiger partial charge in [-0.05, 0) is 30.7 Å². The molecule has 0 bridgehead atoms. The predicted octanol–water partition coefficient (Wildman–Crippen LogP) is 4.13. The molecule has 3 amide bonds. The molecule has 0 atom stereocenters. The number of nitro benzene ring substituents is 1. The van der Waals surface area contributed by atoms with Crippen molar-refractivity contribution in [2.45, 2.75) is 13.3 Å². The number of benzene rings is 2. The van der Waals surface area contributed by atoms with Crippen LogP contribution in [0.5, 0.6) is 5.75 Å². The first kappa shape index (κ1) is 25.5.